The van der Waals surface area contributed by atoms with Crippen molar-refractivity contribution in [3.8, 4) is 5.88 Å². The first kappa shape index (κ1) is 16.4. The van der Waals surface area contributed by atoms with Gasteiger partial charge in [-0.15, -0.1) is 0 Å². The van der Waals surface area contributed by atoms with E-state index in [1.54, 1.807) is 0 Å². The van der Waals surface area contributed by atoms with E-state index in [0.717, 1.165) is 36.0 Å². The van der Waals surface area contributed by atoms with Crippen LogP contribution in [-0.2, 0) is 11.3 Å². The topological polar surface area (TPSA) is 44.2 Å². The maximum atomic E-state index is 5.70. The van der Waals surface area contributed by atoms with Gasteiger partial charge in [0.1, 0.15) is 0 Å². The largest absolute Gasteiger partial charge is 0.478 e. The van der Waals surface area contributed by atoms with Crippen LogP contribution in [0.25, 0.3) is 11.0 Å². The van der Waals surface area contributed by atoms with E-state index in [1.807, 2.05) is 43.5 Å². The molecule has 3 aromatic rings. The molecule has 2 heterocycles. The van der Waals surface area contributed by atoms with Crippen molar-refractivity contribution >= 4 is 11.0 Å². The number of aromatic nitrogens is 2. The normalized spacial score (nSPS) is 10.9. The Bertz CT molecular complexity index is 775. The van der Waals surface area contributed by atoms with Crippen molar-refractivity contribution in [1.82, 2.24) is 9.97 Å². The molecule has 0 aliphatic rings. The maximum absolute atomic E-state index is 5.70. The minimum Gasteiger partial charge on any atom is -0.478 e. The fourth-order valence-corrected chi connectivity index (χ4v) is 2.43. The van der Waals surface area contributed by atoms with Gasteiger partial charge < -0.3 is 9.47 Å². The van der Waals surface area contributed by atoms with Gasteiger partial charge in [-0.1, -0.05) is 30.3 Å². The first-order valence-electron chi connectivity index (χ1n) is 8.29. The van der Waals surface area contributed by atoms with Gasteiger partial charge in [-0.25, -0.2) is 4.98 Å². The van der Waals surface area contributed by atoms with Gasteiger partial charge in [0.05, 0.1) is 13.2 Å². The third-order valence-corrected chi connectivity index (χ3v) is 3.70. The summed E-state index contributed by atoms with van der Waals surface area (Å²) < 4.78 is 11.4. The fraction of sp³-hybridized carbons (Fsp3) is 0.300. The van der Waals surface area contributed by atoms with Crippen molar-refractivity contribution in [3.05, 3.63) is 65.9 Å². The lowest BCUT2D eigenvalue weighted by Gasteiger charge is -2.07. The zero-order valence-corrected chi connectivity index (χ0v) is 13.9. The van der Waals surface area contributed by atoms with Crippen LogP contribution >= 0.6 is 0 Å². The van der Waals surface area contributed by atoms with Gasteiger partial charge in [-0.3, -0.25) is 0 Å². The Labute approximate surface area is 142 Å². The lowest BCUT2D eigenvalue weighted by Crippen LogP contribution is -2.02. The molecule has 0 aliphatic heterocycles. The van der Waals surface area contributed by atoms with Crippen LogP contribution in [0.5, 0.6) is 5.88 Å². The van der Waals surface area contributed by atoms with Gasteiger partial charge in [0.2, 0.25) is 5.88 Å². The van der Waals surface area contributed by atoms with Crippen LogP contribution in [-0.4, -0.2) is 23.2 Å². The highest BCUT2D eigenvalue weighted by Gasteiger charge is 2.01. The van der Waals surface area contributed by atoms with Crippen LogP contribution in [0.2, 0.25) is 0 Å². The summed E-state index contributed by atoms with van der Waals surface area (Å²) in [5.74, 6) is 0.629. The first-order valence-corrected chi connectivity index (χ1v) is 8.29. The molecule has 24 heavy (non-hydrogen) atoms. The van der Waals surface area contributed by atoms with Gasteiger partial charge in [0.15, 0.2) is 5.65 Å². The Kier molecular flexibility index (Phi) is 5.75. The molecule has 0 saturated carbocycles. The van der Waals surface area contributed by atoms with E-state index < -0.39 is 0 Å². The zero-order valence-electron chi connectivity index (χ0n) is 13.9. The molecule has 0 bridgehead atoms. The van der Waals surface area contributed by atoms with E-state index in [0.29, 0.717) is 19.1 Å². The van der Waals surface area contributed by atoms with Crippen molar-refractivity contribution in [2.75, 3.05) is 13.2 Å². The average molecular weight is 322 g/mol. The molecule has 0 aliphatic carbocycles. The van der Waals surface area contributed by atoms with E-state index in [4.69, 9.17) is 9.47 Å². The highest BCUT2D eigenvalue weighted by molar-refractivity contribution is 5.75. The highest BCUT2D eigenvalue weighted by Crippen LogP contribution is 2.16. The summed E-state index contributed by atoms with van der Waals surface area (Å²) in [5, 5.41) is 1.04. The van der Waals surface area contributed by atoms with Gasteiger partial charge in [0, 0.05) is 24.3 Å². The molecule has 0 N–H and O–H groups in total. The summed E-state index contributed by atoms with van der Waals surface area (Å²) in [7, 11) is 0. The monoisotopic (exact) mass is 322 g/mol. The van der Waals surface area contributed by atoms with Crippen molar-refractivity contribution in [1.29, 1.82) is 0 Å². The molecule has 0 spiro atoms. The van der Waals surface area contributed by atoms with E-state index in [1.165, 1.54) is 5.56 Å². The Hall–Kier alpha value is -2.46. The van der Waals surface area contributed by atoms with Crippen LogP contribution in [0.15, 0.2) is 54.7 Å². The highest BCUT2D eigenvalue weighted by atomic mass is 16.5. The maximum Gasteiger partial charge on any atom is 0.215 e. The Morgan fingerprint density at radius 2 is 1.79 bits per heavy atom. The Morgan fingerprint density at radius 3 is 2.67 bits per heavy atom. The van der Waals surface area contributed by atoms with Crippen LogP contribution in [0.3, 0.4) is 0 Å². The predicted molar refractivity (Wildman–Crippen MR) is 95.1 cm³/mol. The van der Waals surface area contributed by atoms with E-state index >= 15 is 0 Å². The number of aryl methyl sites for hydroxylation is 1. The molecular weight excluding hydrogens is 300 g/mol. The van der Waals surface area contributed by atoms with Crippen molar-refractivity contribution in [2.45, 2.75) is 26.4 Å². The second kappa shape index (κ2) is 8.41. The summed E-state index contributed by atoms with van der Waals surface area (Å²) in [6.07, 6.45) is 3.73. The minimum absolute atomic E-state index is 0.629. The number of hydrogen-bond acceptors (Lipinski definition) is 4. The third-order valence-electron chi connectivity index (χ3n) is 3.70. The number of fused-ring (bicyclic) bond motifs is 1. The Morgan fingerprint density at radius 1 is 0.958 bits per heavy atom. The summed E-state index contributed by atoms with van der Waals surface area (Å²) in [4.78, 5) is 8.75. The molecule has 0 radical (unpaired) electrons. The van der Waals surface area contributed by atoms with Crippen molar-refractivity contribution in [3.63, 3.8) is 0 Å². The SMILES string of the molecule is Cc1cnc2nc(OCCCCOCc3ccccc3)ccc2c1. The van der Waals surface area contributed by atoms with Crippen LogP contribution in [0, 0.1) is 6.92 Å². The summed E-state index contributed by atoms with van der Waals surface area (Å²) in [6.45, 7) is 4.07. The second-order valence-electron chi connectivity index (χ2n) is 5.80. The fourth-order valence-electron chi connectivity index (χ4n) is 2.43. The number of nitrogens with zero attached hydrogens (tertiary/aromatic N) is 2. The quantitative estimate of drug-likeness (QED) is 0.580. The van der Waals surface area contributed by atoms with Crippen molar-refractivity contribution in [2.24, 2.45) is 0 Å². The molecule has 4 nitrogen and oxygen atoms in total. The number of hydrogen-bond donors (Lipinski definition) is 0. The summed E-state index contributed by atoms with van der Waals surface area (Å²) in [5.41, 5.74) is 3.06. The standard InChI is InChI=1S/C20H22N2O2/c1-16-13-18-9-10-19(22-20(18)21-14-16)24-12-6-5-11-23-15-17-7-3-2-4-8-17/h2-4,7-10,13-14H,5-6,11-12,15H2,1H3. The Balaban J connectivity index is 1.35. The molecule has 0 fully saturated rings. The third kappa shape index (κ3) is 4.77. The smallest absolute Gasteiger partial charge is 0.215 e. The van der Waals surface area contributed by atoms with E-state index in [2.05, 4.69) is 28.2 Å². The second-order valence-corrected chi connectivity index (χ2v) is 5.80. The number of rotatable bonds is 8. The first-order chi connectivity index (χ1) is 11.8. The predicted octanol–water partition coefficient (Wildman–Crippen LogP) is 4.31. The lowest BCUT2D eigenvalue weighted by atomic mass is 10.2. The van der Waals surface area contributed by atoms with Gasteiger partial charge in [-0.2, -0.15) is 4.98 Å². The summed E-state index contributed by atoms with van der Waals surface area (Å²) >= 11 is 0. The lowest BCUT2D eigenvalue weighted by molar-refractivity contribution is 0.113. The minimum atomic E-state index is 0.629. The molecule has 3 rings (SSSR count). The number of benzene rings is 1. The van der Waals surface area contributed by atoms with E-state index in [9.17, 15) is 0 Å². The molecule has 0 atom stereocenters. The van der Waals surface area contributed by atoms with Crippen molar-refractivity contribution < 1.29 is 9.47 Å². The van der Waals surface area contributed by atoms with E-state index in [-0.39, 0.29) is 0 Å². The van der Waals surface area contributed by atoms with Gasteiger partial charge >= 0.3 is 0 Å². The van der Waals surface area contributed by atoms with Crippen LogP contribution in [0.1, 0.15) is 24.0 Å². The van der Waals surface area contributed by atoms with Crippen LogP contribution < -0.4 is 4.74 Å². The molecule has 2 aromatic heterocycles. The zero-order chi connectivity index (χ0) is 16.6. The number of ether oxygens (including phenoxy) is 2. The van der Waals surface area contributed by atoms with Gasteiger partial charge in [-0.05, 0) is 43.0 Å². The number of pyridine rings is 2. The molecule has 124 valence electrons. The molecule has 1 aromatic carbocycles. The molecule has 4 heteroatoms. The molecule has 0 saturated heterocycles. The number of unbranched alkanes of at least 4 members (excludes halogenated alkanes) is 1. The molecule has 0 unspecified atom stereocenters. The molecular formula is C20H22N2O2. The summed E-state index contributed by atoms with van der Waals surface area (Å²) in [6, 6.07) is 16.2. The molecule has 0 amide bonds. The van der Waals surface area contributed by atoms with Crippen LogP contribution in [0.4, 0.5) is 0 Å². The van der Waals surface area contributed by atoms with Gasteiger partial charge in [0.25, 0.3) is 0 Å². The average Bonchev–Trinajstić information content (AvgIpc) is 2.62.